The number of benzene rings is 4. The van der Waals surface area contributed by atoms with Gasteiger partial charge in [-0.25, -0.2) is 36.4 Å². The van der Waals surface area contributed by atoms with Crippen LogP contribution in [0, 0.1) is 0 Å². The van der Waals surface area contributed by atoms with Crippen molar-refractivity contribution in [2.24, 2.45) is 0 Å². The molecule has 2 aliphatic heterocycles. The summed E-state index contributed by atoms with van der Waals surface area (Å²) in [5, 5.41) is 5.27. The number of carbonyl (C=O) groups is 4. The first-order chi connectivity index (χ1) is 36.3. The van der Waals surface area contributed by atoms with Crippen molar-refractivity contribution in [2.75, 3.05) is 77.2 Å². The lowest BCUT2D eigenvalue weighted by Gasteiger charge is -2.27. The number of methoxy groups -OCH3 is 2. The summed E-state index contributed by atoms with van der Waals surface area (Å²) >= 11 is 3.05. The number of H-pyrrole nitrogens is 2. The molecule has 4 unspecified atom stereocenters. The van der Waals surface area contributed by atoms with E-state index in [-0.39, 0.29) is 26.4 Å². The molecule has 404 valence electrons. The summed E-state index contributed by atoms with van der Waals surface area (Å²) in [4.78, 5) is 72.4. The molecule has 0 radical (unpaired) electrons. The molecule has 4 aromatic carbocycles. The van der Waals surface area contributed by atoms with Gasteiger partial charge in [0, 0.05) is 13.1 Å². The summed E-state index contributed by atoms with van der Waals surface area (Å²) in [5.41, 5.74) is 11.6. The number of rotatable bonds is 16. The average Bonchev–Trinajstić information content (AvgIpc) is 4.23. The van der Waals surface area contributed by atoms with E-state index in [1.54, 1.807) is 0 Å². The van der Waals surface area contributed by atoms with E-state index in [4.69, 9.17) is 19.4 Å². The number of fused-ring (bicyclic) bond motifs is 2. The Hall–Kier alpha value is -6.18. The third kappa shape index (κ3) is 11.9. The number of hydrogen-bond donors (Lipinski definition) is 4. The van der Waals surface area contributed by atoms with Crippen LogP contribution in [0.3, 0.4) is 0 Å². The number of aromatic nitrogens is 4. The van der Waals surface area contributed by atoms with Gasteiger partial charge in [-0.3, -0.25) is 9.59 Å². The minimum atomic E-state index is -3.69. The summed E-state index contributed by atoms with van der Waals surface area (Å²) in [6.45, 7) is -0.395. The minimum absolute atomic E-state index is 0.00625. The van der Waals surface area contributed by atoms with Crippen LogP contribution in [0.5, 0.6) is 0 Å². The molecule has 4 heterocycles. The van der Waals surface area contributed by atoms with E-state index in [1.807, 2.05) is 36.8 Å². The van der Waals surface area contributed by atoms with E-state index < -0.39 is 68.2 Å². The summed E-state index contributed by atoms with van der Waals surface area (Å²) in [7, 11) is -4.93. The third-order valence-electron chi connectivity index (χ3n) is 14.4. The zero-order chi connectivity index (χ0) is 54.1. The predicted molar refractivity (Wildman–Crippen MR) is 295 cm³/mol. The number of hydrogen-bond acceptors (Lipinski definition) is 14. The molecule has 4 bridgehead atoms. The number of aromatic amines is 2. The number of imidazole rings is 2. The highest BCUT2D eigenvalue weighted by Crippen LogP contribution is 2.37. The fourth-order valence-electron chi connectivity index (χ4n) is 10.2. The molecule has 2 saturated heterocycles. The van der Waals surface area contributed by atoms with Crippen LogP contribution in [-0.4, -0.2) is 168 Å². The zero-order valence-electron chi connectivity index (χ0n) is 43.1. The van der Waals surface area contributed by atoms with Crippen LogP contribution in [0.1, 0.15) is 58.8 Å². The Morgan fingerprint density at radius 2 is 1.03 bits per heavy atom. The fraction of sp³-hybridized carbons (Fsp3) is 0.423. The van der Waals surface area contributed by atoms with Crippen molar-refractivity contribution >= 4 is 89.6 Å². The second-order valence-electron chi connectivity index (χ2n) is 19.4. The monoisotopic (exact) mass is 1110 g/mol. The molecule has 2 aromatic heterocycles. The highest BCUT2D eigenvalue weighted by atomic mass is 32.2. The molecule has 4 atom stereocenters. The first-order valence-corrected chi connectivity index (χ1v) is 31.3. The SMILES string of the molecule is COC(=O)NC(CCSC)C(=O)N1CN(S(C)(=O)=O)CC1c1nc2ccc(-c3cc4ccc3CCc3ccc(c(-c5ccc6nc(C7CN(S(C)(=O)=O)CN7C(=O)C(CCSC)NC(=O)OC)[nH]c6c5)c3)CC4)cc2[nH]1. The van der Waals surface area contributed by atoms with Gasteiger partial charge in [-0.15, -0.1) is 0 Å². The summed E-state index contributed by atoms with van der Waals surface area (Å²) in [6, 6.07) is 22.0. The van der Waals surface area contributed by atoms with E-state index in [0.717, 1.165) is 93.7 Å². The van der Waals surface area contributed by atoms with Gasteiger partial charge in [0.1, 0.15) is 35.8 Å². The first kappa shape index (κ1) is 54.6. The molecule has 6 aliphatic rings. The number of carbonyl (C=O) groups excluding carboxylic acids is 4. The number of ether oxygens (including phenoxy) is 2. The number of nitrogens with one attached hydrogen (secondary N) is 4. The molecule has 0 saturated carbocycles. The highest BCUT2D eigenvalue weighted by molar-refractivity contribution is 7.98. The van der Waals surface area contributed by atoms with Crippen molar-refractivity contribution < 1.29 is 45.5 Å². The van der Waals surface area contributed by atoms with E-state index in [1.165, 1.54) is 56.2 Å². The van der Waals surface area contributed by atoms with Crippen LogP contribution in [0.25, 0.3) is 44.3 Å². The van der Waals surface area contributed by atoms with Crippen LogP contribution in [0.2, 0.25) is 0 Å². The molecular weight excluding hydrogens is 1050 g/mol. The number of thioether (sulfide) groups is 2. The van der Waals surface area contributed by atoms with Crippen LogP contribution in [0.4, 0.5) is 9.59 Å². The van der Waals surface area contributed by atoms with Crippen molar-refractivity contribution in [3.05, 3.63) is 107 Å². The van der Waals surface area contributed by atoms with Crippen LogP contribution >= 0.6 is 23.5 Å². The average molecular weight is 1120 g/mol. The van der Waals surface area contributed by atoms with Gasteiger partial charge in [-0.1, -0.05) is 48.5 Å². The summed E-state index contributed by atoms with van der Waals surface area (Å²) in [6.07, 6.45) is 8.15. The van der Waals surface area contributed by atoms with Gasteiger partial charge in [-0.2, -0.15) is 32.1 Å². The Kier molecular flexibility index (Phi) is 16.4. The summed E-state index contributed by atoms with van der Waals surface area (Å²) in [5.74, 6) is 1.17. The standard InChI is InChI=1S/C52H62N10O10S4/c1-71-51(65)57-41(19-21-73-3)49(63)61-29-59(75(5,67)68)27-45(61)47-53-39-17-15-35(25-43(39)55-47)37-23-31-7-11-33(37)13-9-32-8-12-34(14-10-31)38(24-32)36-16-18-40-44(26-36)56-48(54-40)46-28-60(76(6,69)70)30-62(46)50(64)42(20-22-74-4)58-52(66)72-2/h7-8,11-12,15-18,23-26,41-42,45-46H,9-10,13-14,19-22,27-30H2,1-6H3,(H,53,55)(H,54,56)(H,57,65)(H,58,66). The van der Waals surface area contributed by atoms with Crippen molar-refractivity contribution in [3.8, 4) is 22.3 Å². The quantitative estimate of drug-likeness (QED) is 0.0893. The van der Waals surface area contributed by atoms with Gasteiger partial charge >= 0.3 is 12.2 Å². The van der Waals surface area contributed by atoms with Gasteiger partial charge in [-0.05, 0) is 131 Å². The van der Waals surface area contributed by atoms with Gasteiger partial charge in [0.15, 0.2) is 0 Å². The normalized spacial score (nSPS) is 18.2. The topological polar surface area (TPSA) is 249 Å². The van der Waals surface area contributed by atoms with Crippen LogP contribution in [-0.2, 0) is 64.8 Å². The Bertz CT molecular complexity index is 3200. The van der Waals surface area contributed by atoms with Crippen LogP contribution in [0.15, 0.2) is 72.8 Å². The van der Waals surface area contributed by atoms with Gasteiger partial charge in [0.2, 0.25) is 31.9 Å². The highest BCUT2D eigenvalue weighted by Gasteiger charge is 2.44. The Morgan fingerprint density at radius 1 is 0.618 bits per heavy atom. The van der Waals surface area contributed by atoms with Crippen LogP contribution < -0.4 is 10.6 Å². The lowest BCUT2D eigenvalue weighted by Crippen LogP contribution is -2.49. The maximum atomic E-state index is 14.1. The number of amides is 4. The maximum Gasteiger partial charge on any atom is 0.407 e. The molecule has 4 N–H and O–H groups in total. The van der Waals surface area contributed by atoms with Crippen molar-refractivity contribution in [3.63, 3.8) is 0 Å². The lowest BCUT2D eigenvalue weighted by molar-refractivity contribution is -0.135. The largest absolute Gasteiger partial charge is 0.453 e. The molecule has 4 aliphatic carbocycles. The number of nitrogens with zero attached hydrogens (tertiary/aromatic N) is 6. The lowest BCUT2D eigenvalue weighted by atomic mass is 9.87. The molecule has 12 rings (SSSR count). The third-order valence-corrected chi connectivity index (χ3v) is 18.1. The molecule has 20 nitrogen and oxygen atoms in total. The fourth-order valence-corrected chi connectivity index (χ4v) is 12.7. The van der Waals surface area contributed by atoms with Gasteiger partial charge in [0.25, 0.3) is 0 Å². The molecule has 6 aromatic rings. The molecule has 0 spiro atoms. The second-order valence-corrected chi connectivity index (χ2v) is 25.3. The Labute approximate surface area is 450 Å². The second kappa shape index (κ2) is 22.8. The van der Waals surface area contributed by atoms with Crippen molar-refractivity contribution in [2.45, 2.75) is 62.7 Å². The van der Waals surface area contributed by atoms with E-state index in [0.29, 0.717) is 47.0 Å². The molecule has 2 fully saturated rings. The van der Waals surface area contributed by atoms with Gasteiger partial charge in [0.05, 0.1) is 62.1 Å². The molecule has 24 heteroatoms. The Morgan fingerprint density at radius 3 is 1.39 bits per heavy atom. The van der Waals surface area contributed by atoms with Crippen molar-refractivity contribution in [1.82, 2.24) is 49.0 Å². The zero-order valence-corrected chi connectivity index (χ0v) is 46.4. The number of sulfonamides is 2. The number of alkyl carbamates (subject to hydrolysis) is 2. The minimum Gasteiger partial charge on any atom is -0.453 e. The Balaban J connectivity index is 0.968. The van der Waals surface area contributed by atoms with Gasteiger partial charge < -0.3 is 39.9 Å². The first-order valence-electron chi connectivity index (χ1n) is 24.8. The molecular formula is C52H62N10O10S4. The molecule has 4 amide bonds. The van der Waals surface area contributed by atoms with Crippen molar-refractivity contribution in [1.29, 1.82) is 0 Å². The maximum absolute atomic E-state index is 14.1. The van der Waals surface area contributed by atoms with E-state index in [2.05, 4.69) is 69.1 Å². The number of aryl methyl sites for hydroxylation is 4. The predicted octanol–water partition coefficient (Wildman–Crippen LogP) is 5.82. The smallest absolute Gasteiger partial charge is 0.407 e. The van der Waals surface area contributed by atoms with E-state index in [9.17, 15) is 36.0 Å². The van der Waals surface area contributed by atoms with E-state index >= 15 is 0 Å². The summed E-state index contributed by atoms with van der Waals surface area (Å²) < 4.78 is 63.5. The molecule has 76 heavy (non-hydrogen) atoms.